The van der Waals surface area contributed by atoms with Gasteiger partial charge in [0.1, 0.15) is 0 Å². The molecule has 1 aromatic heterocycles. The van der Waals surface area contributed by atoms with E-state index in [1.165, 1.54) is 22.6 Å². The van der Waals surface area contributed by atoms with E-state index in [-0.39, 0.29) is 19.0 Å². The second-order valence-corrected chi connectivity index (χ2v) is 7.68. The molecule has 5 nitrogen and oxygen atoms in total. The van der Waals surface area contributed by atoms with Crippen LogP contribution in [-0.2, 0) is 30.5 Å². The number of hydrogen-bond acceptors (Lipinski definition) is 3. The van der Waals surface area contributed by atoms with E-state index in [9.17, 15) is 18.0 Å². The highest BCUT2D eigenvalue weighted by molar-refractivity contribution is 7.10. The van der Waals surface area contributed by atoms with Gasteiger partial charge < -0.3 is 15.5 Å². The zero-order chi connectivity index (χ0) is 20.9. The van der Waals surface area contributed by atoms with Gasteiger partial charge >= 0.3 is 6.18 Å². The Labute approximate surface area is 171 Å². The maximum atomic E-state index is 12.6. The Morgan fingerprint density at radius 2 is 1.97 bits per heavy atom. The van der Waals surface area contributed by atoms with Crippen LogP contribution in [0.5, 0.6) is 0 Å². The molecule has 1 aliphatic heterocycles. The number of carbonyl (C=O) groups excluding carboxylic acids is 1. The van der Waals surface area contributed by atoms with Gasteiger partial charge in [-0.3, -0.25) is 4.79 Å². The van der Waals surface area contributed by atoms with Gasteiger partial charge in [-0.05, 0) is 48.1 Å². The van der Waals surface area contributed by atoms with Crippen molar-refractivity contribution in [3.63, 3.8) is 0 Å². The summed E-state index contributed by atoms with van der Waals surface area (Å²) in [5, 5.41) is 8.11. The van der Waals surface area contributed by atoms with E-state index >= 15 is 0 Å². The third-order valence-electron chi connectivity index (χ3n) is 4.61. The monoisotopic (exact) mass is 424 g/mol. The maximum absolute atomic E-state index is 12.6. The van der Waals surface area contributed by atoms with Crippen molar-refractivity contribution in [2.45, 2.75) is 32.6 Å². The number of amides is 1. The Hall–Kier alpha value is -2.55. The molecule has 2 aromatic rings. The lowest BCUT2D eigenvalue weighted by Crippen LogP contribution is -2.45. The van der Waals surface area contributed by atoms with Gasteiger partial charge in [0.15, 0.2) is 5.96 Å². The Kier molecular flexibility index (Phi) is 6.79. The molecule has 0 atom stereocenters. The Morgan fingerprint density at radius 1 is 1.21 bits per heavy atom. The van der Waals surface area contributed by atoms with Crippen LogP contribution >= 0.6 is 11.3 Å². The largest absolute Gasteiger partial charge is 0.416 e. The third kappa shape index (κ3) is 5.72. The fourth-order valence-electron chi connectivity index (χ4n) is 3.04. The molecule has 0 aliphatic carbocycles. The summed E-state index contributed by atoms with van der Waals surface area (Å²) >= 11 is 1.73. The topological polar surface area (TPSA) is 56.7 Å². The van der Waals surface area contributed by atoms with E-state index in [1.54, 1.807) is 11.3 Å². The highest BCUT2D eigenvalue weighted by atomic mass is 32.1. The highest BCUT2D eigenvalue weighted by Crippen LogP contribution is 2.29. The van der Waals surface area contributed by atoms with Crippen molar-refractivity contribution in [3.8, 4) is 0 Å². The second-order valence-electron chi connectivity index (χ2n) is 6.68. The summed E-state index contributed by atoms with van der Waals surface area (Å²) in [5.41, 5.74) is 1.18. The average molecular weight is 424 g/mol. The van der Waals surface area contributed by atoms with Gasteiger partial charge in [0.05, 0.1) is 18.7 Å². The molecule has 0 saturated carbocycles. The van der Waals surface area contributed by atoms with Gasteiger partial charge in [-0.2, -0.15) is 13.2 Å². The summed E-state index contributed by atoms with van der Waals surface area (Å²) in [6.45, 7) is 4.16. The minimum Gasteiger partial charge on any atom is -0.357 e. The summed E-state index contributed by atoms with van der Waals surface area (Å²) in [6, 6.07) is 6.97. The summed E-state index contributed by atoms with van der Waals surface area (Å²) < 4.78 is 37.9. The lowest BCUT2D eigenvalue weighted by atomic mass is 10.1. The molecule has 2 N–H and O–H groups in total. The van der Waals surface area contributed by atoms with Crippen LogP contribution in [0.3, 0.4) is 0 Å². The molecule has 9 heteroatoms. The third-order valence-corrected chi connectivity index (χ3v) is 5.64. The molecule has 1 amide bonds. The molecule has 0 bridgehead atoms. The minimum atomic E-state index is -4.35. The van der Waals surface area contributed by atoms with Crippen LogP contribution in [0, 0.1) is 0 Å². The van der Waals surface area contributed by atoms with E-state index in [4.69, 9.17) is 0 Å². The van der Waals surface area contributed by atoms with Crippen molar-refractivity contribution >= 4 is 23.2 Å². The van der Waals surface area contributed by atoms with Crippen molar-refractivity contribution in [1.29, 1.82) is 0 Å². The van der Waals surface area contributed by atoms with Crippen molar-refractivity contribution < 1.29 is 18.0 Å². The Balaban J connectivity index is 1.55. The van der Waals surface area contributed by atoms with Crippen LogP contribution in [0.4, 0.5) is 13.2 Å². The Morgan fingerprint density at radius 3 is 2.66 bits per heavy atom. The molecule has 29 heavy (non-hydrogen) atoms. The molecule has 0 spiro atoms. The van der Waals surface area contributed by atoms with Crippen LogP contribution in [0.2, 0.25) is 0 Å². The summed E-state index contributed by atoms with van der Waals surface area (Å²) in [4.78, 5) is 20.0. The SMILES string of the molecule is CCNC(=NCc1ccc(C(F)(F)F)cc1)NCC(=O)N1CCc2sccc2C1. The normalized spacial score (nSPS) is 14.5. The first-order valence-corrected chi connectivity index (χ1v) is 10.3. The van der Waals surface area contributed by atoms with Gasteiger partial charge in [-0.25, -0.2) is 4.99 Å². The number of guanidine groups is 1. The van der Waals surface area contributed by atoms with E-state index in [0.717, 1.165) is 18.6 Å². The highest BCUT2D eigenvalue weighted by Gasteiger charge is 2.29. The number of thiophene rings is 1. The van der Waals surface area contributed by atoms with E-state index in [1.807, 2.05) is 17.2 Å². The molecule has 3 rings (SSSR count). The zero-order valence-corrected chi connectivity index (χ0v) is 16.9. The molecule has 156 valence electrons. The summed E-state index contributed by atoms with van der Waals surface area (Å²) in [5.74, 6) is 0.441. The van der Waals surface area contributed by atoms with Crippen LogP contribution in [-0.4, -0.2) is 36.4 Å². The molecule has 0 radical (unpaired) electrons. The standard InChI is InChI=1S/C20H23F3N4OS/c1-2-24-19(25-11-14-3-5-16(6-4-14)20(21,22)23)26-12-18(28)27-9-7-17-15(13-27)8-10-29-17/h3-6,8,10H,2,7,9,11-13H2,1H3,(H2,24,25,26). The number of fused-ring (bicyclic) bond motifs is 1. The van der Waals surface area contributed by atoms with Crippen LogP contribution < -0.4 is 10.6 Å². The fourth-order valence-corrected chi connectivity index (χ4v) is 3.93. The first-order valence-electron chi connectivity index (χ1n) is 9.38. The molecule has 1 aliphatic rings. The number of benzene rings is 1. The van der Waals surface area contributed by atoms with Crippen molar-refractivity contribution in [2.24, 2.45) is 4.99 Å². The van der Waals surface area contributed by atoms with E-state index in [0.29, 0.717) is 31.2 Å². The van der Waals surface area contributed by atoms with Crippen molar-refractivity contribution in [2.75, 3.05) is 19.6 Å². The predicted octanol–water partition coefficient (Wildman–Crippen LogP) is 3.41. The van der Waals surface area contributed by atoms with Crippen LogP contribution in [0.25, 0.3) is 0 Å². The van der Waals surface area contributed by atoms with Gasteiger partial charge in [-0.15, -0.1) is 11.3 Å². The van der Waals surface area contributed by atoms with E-state index < -0.39 is 11.7 Å². The number of rotatable bonds is 5. The molecular formula is C20H23F3N4OS. The van der Waals surface area contributed by atoms with Gasteiger partial charge in [0, 0.05) is 24.5 Å². The molecule has 1 aromatic carbocycles. The summed E-state index contributed by atoms with van der Waals surface area (Å²) in [7, 11) is 0. The number of aliphatic imine (C=N–C) groups is 1. The lowest BCUT2D eigenvalue weighted by Gasteiger charge is -2.27. The smallest absolute Gasteiger partial charge is 0.357 e. The number of hydrogen-bond donors (Lipinski definition) is 2. The zero-order valence-electron chi connectivity index (χ0n) is 16.1. The first kappa shape index (κ1) is 21.2. The van der Waals surface area contributed by atoms with Crippen molar-refractivity contribution in [1.82, 2.24) is 15.5 Å². The van der Waals surface area contributed by atoms with Gasteiger partial charge in [0.2, 0.25) is 5.91 Å². The number of alkyl halides is 3. The molecular weight excluding hydrogens is 401 g/mol. The second kappa shape index (κ2) is 9.30. The fraction of sp³-hybridized carbons (Fsp3) is 0.400. The van der Waals surface area contributed by atoms with Crippen molar-refractivity contribution in [3.05, 3.63) is 57.3 Å². The first-order chi connectivity index (χ1) is 13.9. The van der Waals surface area contributed by atoms with E-state index in [2.05, 4.69) is 21.7 Å². The molecule has 0 fully saturated rings. The minimum absolute atomic E-state index is 0.0121. The molecule has 2 heterocycles. The molecule has 0 unspecified atom stereocenters. The van der Waals surface area contributed by atoms with Crippen LogP contribution in [0.1, 0.15) is 28.5 Å². The average Bonchev–Trinajstić information content (AvgIpc) is 3.17. The number of nitrogens with zero attached hydrogens (tertiary/aromatic N) is 2. The summed E-state index contributed by atoms with van der Waals surface area (Å²) in [6.07, 6.45) is -3.47. The predicted molar refractivity (Wildman–Crippen MR) is 108 cm³/mol. The number of carbonyl (C=O) groups is 1. The number of halogens is 3. The number of nitrogens with one attached hydrogen (secondary N) is 2. The maximum Gasteiger partial charge on any atom is 0.416 e. The lowest BCUT2D eigenvalue weighted by molar-refractivity contribution is -0.137. The molecule has 0 saturated heterocycles. The quantitative estimate of drug-likeness (QED) is 0.571. The van der Waals surface area contributed by atoms with Gasteiger partial charge in [0.25, 0.3) is 0 Å². The Bertz CT molecular complexity index is 861. The van der Waals surface area contributed by atoms with Gasteiger partial charge in [-0.1, -0.05) is 12.1 Å². The van der Waals surface area contributed by atoms with Crippen LogP contribution in [0.15, 0.2) is 40.7 Å².